The monoisotopic (exact) mass is 300 g/mol. The van der Waals surface area contributed by atoms with E-state index < -0.39 is 0 Å². The molecule has 2 aromatic carbocycles. The lowest BCUT2D eigenvalue weighted by atomic mass is 10.0. The molecule has 0 unspecified atom stereocenters. The summed E-state index contributed by atoms with van der Waals surface area (Å²) in [6, 6.07) is 16.4. The number of hydrogen-bond donors (Lipinski definition) is 0. The second-order valence-electron chi connectivity index (χ2n) is 4.76. The van der Waals surface area contributed by atoms with Crippen molar-refractivity contribution in [3.63, 3.8) is 0 Å². The number of carbonyl (C=O) groups is 1. The quantitative estimate of drug-likeness (QED) is 0.554. The van der Waals surface area contributed by atoms with Crippen LogP contribution in [0, 0.1) is 0 Å². The molecule has 4 nitrogen and oxygen atoms in total. The van der Waals surface area contributed by atoms with Crippen LogP contribution in [-0.2, 0) is 9.47 Å². The number of ketones is 1. The maximum absolute atomic E-state index is 12.3. The third kappa shape index (κ3) is 4.41. The van der Waals surface area contributed by atoms with E-state index in [1.807, 2.05) is 30.3 Å². The minimum atomic E-state index is -0.265. The van der Waals surface area contributed by atoms with Gasteiger partial charge in [-0.15, -0.1) is 0 Å². The summed E-state index contributed by atoms with van der Waals surface area (Å²) in [5.74, 6) is 0.724. The summed E-state index contributed by atoms with van der Waals surface area (Å²) in [7, 11) is 3.19. The molecule has 0 amide bonds. The fraction of sp³-hybridized carbons (Fsp3) is 0.278. The summed E-state index contributed by atoms with van der Waals surface area (Å²) in [5, 5.41) is 0. The zero-order valence-electron chi connectivity index (χ0n) is 12.8. The molecule has 2 rings (SSSR count). The average molecular weight is 300 g/mol. The normalized spacial score (nSPS) is 10.7. The van der Waals surface area contributed by atoms with Crippen LogP contribution in [-0.4, -0.2) is 32.9 Å². The van der Waals surface area contributed by atoms with Crippen molar-refractivity contribution in [2.24, 2.45) is 0 Å². The molecule has 0 spiro atoms. The topological polar surface area (TPSA) is 44.8 Å². The summed E-state index contributed by atoms with van der Waals surface area (Å²) in [5.41, 5.74) is 1.32. The van der Waals surface area contributed by atoms with E-state index >= 15 is 0 Å². The Morgan fingerprint density at radius 3 is 2.09 bits per heavy atom. The van der Waals surface area contributed by atoms with E-state index in [0.29, 0.717) is 24.2 Å². The molecule has 0 radical (unpaired) electrons. The standard InChI is InChI=1S/C18H20O4/c1-20-17(21-2)12-13-22-16-10-8-15(9-11-16)18(19)14-6-4-3-5-7-14/h3-11,17H,12-13H2,1-2H3. The van der Waals surface area contributed by atoms with E-state index in [1.54, 1.807) is 38.5 Å². The van der Waals surface area contributed by atoms with Crippen LogP contribution in [0.5, 0.6) is 5.75 Å². The lowest BCUT2D eigenvalue weighted by Gasteiger charge is -2.13. The highest BCUT2D eigenvalue weighted by atomic mass is 16.7. The first kappa shape index (κ1) is 16.2. The van der Waals surface area contributed by atoms with Crippen LogP contribution in [0.15, 0.2) is 54.6 Å². The van der Waals surface area contributed by atoms with Gasteiger partial charge < -0.3 is 14.2 Å². The third-order valence-corrected chi connectivity index (χ3v) is 3.30. The number of methoxy groups -OCH3 is 2. The van der Waals surface area contributed by atoms with Gasteiger partial charge >= 0.3 is 0 Å². The second kappa shape index (κ2) is 8.32. The summed E-state index contributed by atoms with van der Waals surface area (Å²) >= 11 is 0. The van der Waals surface area contributed by atoms with Crippen molar-refractivity contribution in [2.45, 2.75) is 12.7 Å². The predicted octanol–water partition coefficient (Wildman–Crippen LogP) is 3.31. The van der Waals surface area contributed by atoms with Gasteiger partial charge in [0.05, 0.1) is 6.61 Å². The predicted molar refractivity (Wildman–Crippen MR) is 84.2 cm³/mol. The van der Waals surface area contributed by atoms with E-state index in [1.165, 1.54) is 0 Å². The summed E-state index contributed by atoms with van der Waals surface area (Å²) in [4.78, 5) is 12.3. The van der Waals surface area contributed by atoms with Gasteiger partial charge in [0.15, 0.2) is 12.1 Å². The molecule has 0 heterocycles. The first-order chi connectivity index (χ1) is 10.7. The Bertz CT molecular complexity index is 574. The van der Waals surface area contributed by atoms with Crippen molar-refractivity contribution < 1.29 is 19.0 Å². The number of benzene rings is 2. The van der Waals surface area contributed by atoms with Gasteiger partial charge in [-0.05, 0) is 24.3 Å². The van der Waals surface area contributed by atoms with Gasteiger partial charge in [0.2, 0.25) is 0 Å². The summed E-state index contributed by atoms with van der Waals surface area (Å²) < 4.78 is 15.8. The summed E-state index contributed by atoms with van der Waals surface area (Å²) in [6.07, 6.45) is 0.372. The lowest BCUT2D eigenvalue weighted by molar-refractivity contribution is -0.110. The number of rotatable bonds is 8. The fourth-order valence-electron chi connectivity index (χ4n) is 2.06. The molecule has 0 saturated carbocycles. The molecule has 0 atom stereocenters. The Hall–Kier alpha value is -2.17. The molecule has 22 heavy (non-hydrogen) atoms. The molecule has 0 aliphatic carbocycles. The first-order valence-corrected chi connectivity index (χ1v) is 7.13. The molecular weight excluding hydrogens is 280 g/mol. The zero-order valence-corrected chi connectivity index (χ0v) is 12.8. The Balaban J connectivity index is 1.92. The maximum Gasteiger partial charge on any atom is 0.193 e. The molecule has 0 bridgehead atoms. The van der Waals surface area contributed by atoms with Crippen molar-refractivity contribution in [3.05, 3.63) is 65.7 Å². The van der Waals surface area contributed by atoms with Crippen molar-refractivity contribution >= 4 is 5.78 Å². The van der Waals surface area contributed by atoms with Crippen molar-refractivity contribution in [3.8, 4) is 5.75 Å². The molecule has 0 aromatic heterocycles. The Morgan fingerprint density at radius 2 is 1.50 bits per heavy atom. The minimum absolute atomic E-state index is 0.00554. The minimum Gasteiger partial charge on any atom is -0.493 e. The SMILES string of the molecule is COC(CCOc1ccc(C(=O)c2ccccc2)cc1)OC. The van der Waals surface area contributed by atoms with E-state index in [2.05, 4.69) is 0 Å². The molecule has 116 valence electrons. The second-order valence-corrected chi connectivity index (χ2v) is 4.76. The van der Waals surface area contributed by atoms with Gasteiger partial charge in [0, 0.05) is 31.8 Å². The number of ether oxygens (including phenoxy) is 3. The van der Waals surface area contributed by atoms with Crippen LogP contribution in [0.4, 0.5) is 0 Å². The number of hydrogen-bond acceptors (Lipinski definition) is 4. The highest BCUT2D eigenvalue weighted by Gasteiger charge is 2.09. The molecular formula is C18H20O4. The van der Waals surface area contributed by atoms with Crippen LogP contribution in [0.25, 0.3) is 0 Å². The highest BCUT2D eigenvalue weighted by Crippen LogP contribution is 2.16. The van der Waals surface area contributed by atoms with Gasteiger partial charge in [0.25, 0.3) is 0 Å². The Labute approximate surface area is 130 Å². The lowest BCUT2D eigenvalue weighted by Crippen LogP contribution is -2.16. The van der Waals surface area contributed by atoms with Crippen molar-refractivity contribution in [1.29, 1.82) is 0 Å². The van der Waals surface area contributed by atoms with Crippen LogP contribution < -0.4 is 4.74 Å². The number of carbonyl (C=O) groups excluding carboxylic acids is 1. The Kier molecular flexibility index (Phi) is 6.13. The first-order valence-electron chi connectivity index (χ1n) is 7.13. The van der Waals surface area contributed by atoms with Crippen molar-refractivity contribution in [1.82, 2.24) is 0 Å². The van der Waals surface area contributed by atoms with Gasteiger partial charge in [-0.1, -0.05) is 30.3 Å². The molecule has 2 aromatic rings. The molecule has 0 fully saturated rings. The van der Waals surface area contributed by atoms with Gasteiger partial charge in [-0.3, -0.25) is 4.79 Å². The van der Waals surface area contributed by atoms with E-state index in [4.69, 9.17) is 14.2 Å². The summed E-state index contributed by atoms with van der Waals surface area (Å²) in [6.45, 7) is 0.484. The van der Waals surface area contributed by atoms with E-state index in [9.17, 15) is 4.79 Å². The van der Waals surface area contributed by atoms with E-state index in [0.717, 1.165) is 5.75 Å². The largest absolute Gasteiger partial charge is 0.493 e. The molecule has 0 N–H and O–H groups in total. The van der Waals surface area contributed by atoms with Gasteiger partial charge in [0.1, 0.15) is 5.75 Å². The van der Waals surface area contributed by atoms with Crippen LogP contribution in [0.2, 0.25) is 0 Å². The average Bonchev–Trinajstić information content (AvgIpc) is 2.59. The van der Waals surface area contributed by atoms with Crippen molar-refractivity contribution in [2.75, 3.05) is 20.8 Å². The molecule has 0 saturated heterocycles. The third-order valence-electron chi connectivity index (χ3n) is 3.30. The van der Waals surface area contributed by atoms with Crippen LogP contribution in [0.1, 0.15) is 22.3 Å². The maximum atomic E-state index is 12.3. The van der Waals surface area contributed by atoms with Crippen LogP contribution in [0.3, 0.4) is 0 Å². The van der Waals surface area contributed by atoms with Gasteiger partial charge in [-0.2, -0.15) is 0 Å². The highest BCUT2D eigenvalue weighted by molar-refractivity contribution is 6.08. The van der Waals surface area contributed by atoms with Crippen LogP contribution >= 0.6 is 0 Å². The van der Waals surface area contributed by atoms with Gasteiger partial charge in [-0.25, -0.2) is 0 Å². The zero-order chi connectivity index (χ0) is 15.8. The molecule has 4 heteroatoms. The Morgan fingerprint density at radius 1 is 0.909 bits per heavy atom. The smallest absolute Gasteiger partial charge is 0.193 e. The molecule has 0 aliphatic rings. The fourth-order valence-corrected chi connectivity index (χ4v) is 2.06. The van der Waals surface area contributed by atoms with E-state index in [-0.39, 0.29) is 12.1 Å². The molecule has 0 aliphatic heterocycles.